The van der Waals surface area contributed by atoms with Gasteiger partial charge >= 0.3 is 0 Å². The molecule has 0 amide bonds. The Bertz CT molecular complexity index is 650. The van der Waals surface area contributed by atoms with Crippen molar-refractivity contribution in [2.24, 2.45) is 5.73 Å². The molecule has 2 N–H and O–H groups in total. The van der Waals surface area contributed by atoms with Crippen LogP contribution in [-0.4, -0.2) is 7.11 Å². The number of ether oxygens (including phenoxy) is 1. The summed E-state index contributed by atoms with van der Waals surface area (Å²) in [6.07, 6.45) is 4.19. The molecule has 0 aliphatic heterocycles. The Labute approximate surface area is 126 Å². The van der Waals surface area contributed by atoms with Crippen LogP contribution in [0.3, 0.4) is 0 Å². The lowest BCUT2D eigenvalue weighted by atomic mass is 9.73. The highest BCUT2D eigenvalue weighted by atomic mass is 16.5. The second-order valence-corrected chi connectivity index (χ2v) is 6.14. The van der Waals surface area contributed by atoms with Crippen molar-refractivity contribution in [3.05, 3.63) is 64.7 Å². The molecule has 1 atom stereocenters. The van der Waals surface area contributed by atoms with Crippen molar-refractivity contribution in [1.29, 1.82) is 0 Å². The summed E-state index contributed by atoms with van der Waals surface area (Å²) in [5, 5.41) is 0. The van der Waals surface area contributed by atoms with Crippen molar-refractivity contribution < 1.29 is 4.74 Å². The van der Waals surface area contributed by atoms with Gasteiger partial charge in [0.1, 0.15) is 5.75 Å². The van der Waals surface area contributed by atoms with Gasteiger partial charge in [-0.1, -0.05) is 30.3 Å². The number of fused-ring (bicyclic) bond motifs is 1. The molecule has 0 saturated carbocycles. The van der Waals surface area contributed by atoms with Gasteiger partial charge in [-0.05, 0) is 67.0 Å². The van der Waals surface area contributed by atoms with E-state index in [0.717, 1.165) is 31.4 Å². The van der Waals surface area contributed by atoms with Crippen LogP contribution in [0.25, 0.3) is 0 Å². The molecule has 1 unspecified atom stereocenters. The maximum atomic E-state index is 6.84. The summed E-state index contributed by atoms with van der Waals surface area (Å²) < 4.78 is 5.39. The number of benzene rings is 2. The summed E-state index contributed by atoms with van der Waals surface area (Å²) in [4.78, 5) is 0. The number of hydrogen-bond acceptors (Lipinski definition) is 2. The Morgan fingerprint density at radius 1 is 1.19 bits per heavy atom. The average molecular weight is 281 g/mol. The zero-order valence-electron chi connectivity index (χ0n) is 12.9. The van der Waals surface area contributed by atoms with Crippen LogP contribution < -0.4 is 10.5 Å². The third-order valence-corrected chi connectivity index (χ3v) is 4.69. The van der Waals surface area contributed by atoms with Gasteiger partial charge in [-0.25, -0.2) is 0 Å². The van der Waals surface area contributed by atoms with Crippen LogP contribution in [0, 0.1) is 6.92 Å². The van der Waals surface area contributed by atoms with Gasteiger partial charge in [0.25, 0.3) is 0 Å². The Hall–Kier alpha value is -1.80. The molecular weight excluding hydrogens is 258 g/mol. The molecule has 0 radical (unpaired) electrons. The van der Waals surface area contributed by atoms with E-state index in [-0.39, 0.29) is 5.54 Å². The van der Waals surface area contributed by atoms with Crippen molar-refractivity contribution in [3.63, 3.8) is 0 Å². The van der Waals surface area contributed by atoms with Crippen molar-refractivity contribution in [1.82, 2.24) is 0 Å². The van der Waals surface area contributed by atoms with E-state index >= 15 is 0 Å². The molecule has 3 rings (SSSR count). The maximum absolute atomic E-state index is 6.84. The lowest BCUT2D eigenvalue weighted by Crippen LogP contribution is -2.42. The number of hydrogen-bond donors (Lipinski definition) is 1. The Kier molecular flexibility index (Phi) is 3.73. The number of rotatable bonds is 3. The lowest BCUT2D eigenvalue weighted by Gasteiger charge is -2.36. The van der Waals surface area contributed by atoms with Gasteiger partial charge in [0.05, 0.1) is 7.11 Å². The Balaban J connectivity index is 2.01. The van der Waals surface area contributed by atoms with Crippen molar-refractivity contribution in [2.75, 3.05) is 7.11 Å². The van der Waals surface area contributed by atoms with Gasteiger partial charge in [0.15, 0.2) is 0 Å². The molecular formula is C19H23NO. The molecule has 21 heavy (non-hydrogen) atoms. The SMILES string of the molecule is COc1ccc2c(c1)C(N)(Cc1ccccc1C)CCC2. The van der Waals surface area contributed by atoms with Gasteiger partial charge in [-0.15, -0.1) is 0 Å². The molecule has 0 heterocycles. The van der Waals surface area contributed by atoms with E-state index in [4.69, 9.17) is 10.5 Å². The first kappa shape index (κ1) is 14.2. The molecule has 0 fully saturated rings. The van der Waals surface area contributed by atoms with Gasteiger partial charge in [0.2, 0.25) is 0 Å². The monoisotopic (exact) mass is 281 g/mol. The first-order valence-corrected chi connectivity index (χ1v) is 7.63. The highest BCUT2D eigenvalue weighted by molar-refractivity contribution is 5.43. The zero-order valence-corrected chi connectivity index (χ0v) is 12.9. The van der Waals surface area contributed by atoms with E-state index in [9.17, 15) is 0 Å². The van der Waals surface area contributed by atoms with E-state index in [2.05, 4.69) is 43.3 Å². The van der Waals surface area contributed by atoms with Crippen LogP contribution in [0.2, 0.25) is 0 Å². The Morgan fingerprint density at radius 3 is 2.76 bits per heavy atom. The first-order chi connectivity index (χ1) is 10.1. The van der Waals surface area contributed by atoms with E-state index in [1.807, 2.05) is 6.07 Å². The van der Waals surface area contributed by atoms with E-state index in [0.29, 0.717) is 0 Å². The van der Waals surface area contributed by atoms with Gasteiger partial charge < -0.3 is 10.5 Å². The molecule has 2 aromatic carbocycles. The normalized spacial score (nSPS) is 20.9. The summed E-state index contributed by atoms with van der Waals surface area (Å²) in [5.41, 5.74) is 11.9. The standard InChI is InChI=1S/C19H23NO/c1-14-6-3-4-7-16(14)13-19(20)11-5-8-15-9-10-17(21-2)12-18(15)19/h3-4,6-7,9-10,12H,5,8,11,13,20H2,1-2H3. The zero-order chi connectivity index (χ0) is 14.9. The number of nitrogens with two attached hydrogens (primary N) is 1. The molecule has 1 aliphatic carbocycles. The number of methoxy groups -OCH3 is 1. The summed E-state index contributed by atoms with van der Waals surface area (Å²) in [6, 6.07) is 14.9. The largest absolute Gasteiger partial charge is 0.497 e. The fourth-order valence-electron chi connectivity index (χ4n) is 3.42. The minimum atomic E-state index is -0.283. The van der Waals surface area contributed by atoms with Gasteiger partial charge in [-0.3, -0.25) is 0 Å². The summed E-state index contributed by atoms with van der Waals surface area (Å²) in [7, 11) is 1.71. The molecule has 0 bridgehead atoms. The molecule has 2 nitrogen and oxygen atoms in total. The van der Waals surface area contributed by atoms with E-state index in [1.165, 1.54) is 22.3 Å². The van der Waals surface area contributed by atoms with Crippen LogP contribution in [0.5, 0.6) is 5.75 Å². The average Bonchev–Trinajstić information content (AvgIpc) is 2.50. The Morgan fingerprint density at radius 2 is 2.00 bits per heavy atom. The second kappa shape index (κ2) is 5.53. The smallest absolute Gasteiger partial charge is 0.119 e. The third kappa shape index (κ3) is 2.68. The van der Waals surface area contributed by atoms with Crippen molar-refractivity contribution in [3.8, 4) is 5.75 Å². The highest BCUT2D eigenvalue weighted by Crippen LogP contribution is 2.38. The van der Waals surface area contributed by atoms with E-state index in [1.54, 1.807) is 7.11 Å². The minimum absolute atomic E-state index is 0.283. The fourth-order valence-corrected chi connectivity index (χ4v) is 3.42. The predicted molar refractivity (Wildman–Crippen MR) is 86.7 cm³/mol. The quantitative estimate of drug-likeness (QED) is 0.930. The maximum Gasteiger partial charge on any atom is 0.119 e. The second-order valence-electron chi connectivity index (χ2n) is 6.14. The molecule has 2 heteroatoms. The molecule has 110 valence electrons. The van der Waals surface area contributed by atoms with Gasteiger partial charge in [-0.2, -0.15) is 0 Å². The van der Waals surface area contributed by atoms with Gasteiger partial charge in [0, 0.05) is 5.54 Å². The molecule has 0 saturated heterocycles. The lowest BCUT2D eigenvalue weighted by molar-refractivity contribution is 0.362. The summed E-state index contributed by atoms with van der Waals surface area (Å²) in [5.74, 6) is 0.898. The highest BCUT2D eigenvalue weighted by Gasteiger charge is 2.33. The van der Waals surface area contributed by atoms with Crippen LogP contribution >= 0.6 is 0 Å². The molecule has 0 spiro atoms. The number of aryl methyl sites for hydroxylation is 2. The molecule has 2 aromatic rings. The van der Waals surface area contributed by atoms with Crippen LogP contribution in [0.1, 0.15) is 35.1 Å². The predicted octanol–water partition coefficient (Wildman–Crippen LogP) is 3.74. The summed E-state index contributed by atoms with van der Waals surface area (Å²) >= 11 is 0. The fraction of sp³-hybridized carbons (Fsp3) is 0.368. The van der Waals surface area contributed by atoms with E-state index < -0.39 is 0 Å². The van der Waals surface area contributed by atoms with Crippen LogP contribution in [0.4, 0.5) is 0 Å². The summed E-state index contributed by atoms with van der Waals surface area (Å²) in [6.45, 7) is 2.16. The van der Waals surface area contributed by atoms with Crippen LogP contribution in [0.15, 0.2) is 42.5 Å². The molecule has 0 aromatic heterocycles. The minimum Gasteiger partial charge on any atom is -0.497 e. The van der Waals surface area contributed by atoms with Crippen LogP contribution in [-0.2, 0) is 18.4 Å². The first-order valence-electron chi connectivity index (χ1n) is 7.63. The van der Waals surface area contributed by atoms with Crippen molar-refractivity contribution >= 4 is 0 Å². The van der Waals surface area contributed by atoms with Crippen molar-refractivity contribution in [2.45, 2.75) is 38.1 Å². The topological polar surface area (TPSA) is 35.2 Å². The third-order valence-electron chi connectivity index (χ3n) is 4.69. The molecule has 1 aliphatic rings.